The Morgan fingerprint density at radius 2 is 1.27 bits per heavy atom. The van der Waals surface area contributed by atoms with Crippen molar-refractivity contribution in [3.63, 3.8) is 0 Å². The summed E-state index contributed by atoms with van der Waals surface area (Å²) in [5.74, 6) is -1.12. The van der Waals surface area contributed by atoms with Crippen molar-refractivity contribution in [3.05, 3.63) is 11.6 Å². The van der Waals surface area contributed by atoms with Crippen LogP contribution in [0.1, 0.15) is 114 Å². The number of hydrogen-bond donors (Lipinski definition) is 12. The highest BCUT2D eigenvalue weighted by Gasteiger charge is 2.74. The fourth-order valence-corrected chi connectivity index (χ4v) is 14.9. The highest BCUT2D eigenvalue weighted by Crippen LogP contribution is 2.76. The molecule has 0 spiro atoms. The van der Waals surface area contributed by atoms with Gasteiger partial charge in [0.1, 0.15) is 67.1 Å². The number of aliphatic hydroxyl groups excluding tert-OH is 12. The maximum absolute atomic E-state index is 12.7. The monoisotopic (exact) mass is 947 g/mol. The fraction of sp³-hybridized carbons (Fsp3) is 0.958. The first-order valence-corrected chi connectivity index (χ1v) is 24.3. The van der Waals surface area contributed by atoms with Crippen LogP contribution in [0.4, 0.5) is 0 Å². The summed E-state index contributed by atoms with van der Waals surface area (Å²) in [6.07, 6.45) is -18.3. The number of allylic oxidation sites excluding steroid dienone is 2. The fourth-order valence-electron chi connectivity index (χ4n) is 14.9. The lowest BCUT2D eigenvalue weighted by molar-refractivity contribution is -0.382. The Morgan fingerprint density at radius 3 is 1.89 bits per heavy atom. The first-order valence-electron chi connectivity index (χ1n) is 24.3. The van der Waals surface area contributed by atoms with Gasteiger partial charge < -0.3 is 89.7 Å². The first kappa shape index (κ1) is 52.8. The zero-order chi connectivity index (χ0) is 48.8. The molecule has 18 nitrogen and oxygen atoms in total. The third kappa shape index (κ3) is 8.69. The van der Waals surface area contributed by atoms with Gasteiger partial charge in [0.25, 0.3) is 0 Å². The van der Waals surface area contributed by atoms with Gasteiger partial charge in [-0.05, 0) is 124 Å². The van der Waals surface area contributed by atoms with Crippen LogP contribution in [0.2, 0.25) is 0 Å². The van der Waals surface area contributed by atoms with Gasteiger partial charge in [-0.15, -0.1) is 0 Å². The molecule has 3 aliphatic heterocycles. The lowest BCUT2D eigenvalue weighted by Crippen LogP contribution is -2.71. The van der Waals surface area contributed by atoms with Crippen LogP contribution in [0, 0.1) is 45.3 Å². The Morgan fingerprint density at radius 1 is 0.682 bits per heavy atom. The van der Waals surface area contributed by atoms with Gasteiger partial charge in [-0.3, -0.25) is 0 Å². The van der Waals surface area contributed by atoms with E-state index in [1.165, 1.54) is 6.92 Å². The van der Waals surface area contributed by atoms with Crippen LogP contribution < -0.4 is 0 Å². The molecule has 3 heterocycles. The first-order chi connectivity index (χ1) is 30.7. The molecule has 4 aliphatic carbocycles. The van der Waals surface area contributed by atoms with Gasteiger partial charge in [0.15, 0.2) is 18.9 Å². The number of hydrogen-bond acceptors (Lipinski definition) is 18. The van der Waals surface area contributed by atoms with Crippen LogP contribution in [0.3, 0.4) is 0 Å². The van der Waals surface area contributed by atoms with Crippen molar-refractivity contribution in [2.24, 2.45) is 45.3 Å². The smallest absolute Gasteiger partial charge is 0.187 e. The van der Waals surface area contributed by atoms with Crippen molar-refractivity contribution in [1.29, 1.82) is 0 Å². The molecule has 7 rings (SSSR count). The lowest BCUT2D eigenvalue weighted by atomic mass is 9.34. The van der Waals surface area contributed by atoms with Crippen LogP contribution in [0.25, 0.3) is 0 Å². The molecule has 7 aliphatic rings. The van der Waals surface area contributed by atoms with Crippen molar-refractivity contribution in [3.8, 4) is 0 Å². The molecule has 0 aromatic carbocycles. The predicted molar refractivity (Wildman–Crippen MR) is 234 cm³/mol. The third-order valence-electron chi connectivity index (χ3n) is 18.7. The molecule has 3 saturated heterocycles. The second-order valence-electron chi connectivity index (χ2n) is 23.0. The molecule has 66 heavy (non-hydrogen) atoms. The molecule has 4 saturated carbocycles. The van der Waals surface area contributed by atoms with E-state index in [4.69, 9.17) is 28.4 Å². The van der Waals surface area contributed by atoms with Gasteiger partial charge in [0, 0.05) is 0 Å². The number of rotatable bonds is 12. The van der Waals surface area contributed by atoms with Crippen LogP contribution in [-0.2, 0) is 28.4 Å². The van der Waals surface area contributed by atoms with Gasteiger partial charge in [-0.2, -0.15) is 0 Å². The minimum Gasteiger partial charge on any atom is -0.394 e. The van der Waals surface area contributed by atoms with Crippen LogP contribution >= 0.6 is 0 Å². The van der Waals surface area contributed by atoms with E-state index in [-0.39, 0.29) is 23.7 Å². The highest BCUT2D eigenvalue weighted by molar-refractivity contribution is 5.22. The van der Waals surface area contributed by atoms with Crippen molar-refractivity contribution in [2.75, 3.05) is 13.2 Å². The van der Waals surface area contributed by atoms with Gasteiger partial charge in [-0.25, -0.2) is 0 Å². The molecule has 0 amide bonds. The Labute approximate surface area is 388 Å². The van der Waals surface area contributed by atoms with Gasteiger partial charge in [0.2, 0.25) is 0 Å². The molecule has 0 aromatic heterocycles. The summed E-state index contributed by atoms with van der Waals surface area (Å²) in [4.78, 5) is 0. The summed E-state index contributed by atoms with van der Waals surface area (Å²) in [7, 11) is 0. The Bertz CT molecular complexity index is 1700. The van der Waals surface area contributed by atoms with E-state index in [1.807, 2.05) is 34.6 Å². The maximum Gasteiger partial charge on any atom is 0.187 e. The van der Waals surface area contributed by atoms with E-state index in [2.05, 4.69) is 26.8 Å². The average molecular weight is 947 g/mol. The van der Waals surface area contributed by atoms with Crippen molar-refractivity contribution in [2.45, 2.75) is 230 Å². The summed E-state index contributed by atoms with van der Waals surface area (Å²) >= 11 is 0. The highest BCUT2D eigenvalue weighted by atomic mass is 16.8. The zero-order valence-electron chi connectivity index (χ0n) is 40.2. The number of fused-ring (bicyclic) bond motifs is 5. The Balaban J connectivity index is 1.27. The maximum atomic E-state index is 12.7. The molecule has 0 unspecified atom stereocenters. The standard InChI is InChI=1S/C48H82O18/c1-21(2)11-10-14-48(9,66-42-38(60)35(57)32(54)26(19-49)63-42)23-12-16-46(7)30(23)24(51)17-28-45(6)15-13-29(52)44(4,5)40(45)25(18-47(28,46)8)62-43-39(36(58)33(55)27(20-50)64-43)65-41-37(59)34(56)31(53)22(3)61-41/h11,22-43,49-60H,10,12-20H2,1-9H3/t22-,23-,24+,25+,26-,27+,28+,29+,30-,31-,32-,33+,34+,35+,36-,37+,38-,39+,40+,41+,42+,43-,45+,46+,47+,48-/m0/s1. The summed E-state index contributed by atoms with van der Waals surface area (Å²) in [6.45, 7) is 16.8. The molecule has 26 atom stereocenters. The number of ether oxygens (including phenoxy) is 6. The zero-order valence-corrected chi connectivity index (χ0v) is 40.2. The Kier molecular flexibility index (Phi) is 15.4. The van der Waals surface area contributed by atoms with E-state index >= 15 is 0 Å². The molecule has 12 N–H and O–H groups in total. The summed E-state index contributed by atoms with van der Waals surface area (Å²) in [5.41, 5.74) is -2.43. The summed E-state index contributed by atoms with van der Waals surface area (Å²) in [6, 6.07) is 0. The van der Waals surface area contributed by atoms with Gasteiger partial charge >= 0.3 is 0 Å². The van der Waals surface area contributed by atoms with Crippen LogP contribution in [0.5, 0.6) is 0 Å². The summed E-state index contributed by atoms with van der Waals surface area (Å²) < 4.78 is 38.1. The Hall–Kier alpha value is -0.980. The largest absolute Gasteiger partial charge is 0.394 e. The van der Waals surface area contributed by atoms with E-state index in [1.54, 1.807) is 0 Å². The molecule has 0 bridgehead atoms. The third-order valence-corrected chi connectivity index (χ3v) is 18.7. The molecule has 0 radical (unpaired) electrons. The predicted octanol–water partition coefficient (Wildman–Crippen LogP) is -0.0284. The van der Waals surface area contributed by atoms with Crippen LogP contribution in [0.15, 0.2) is 11.6 Å². The molecular formula is C48H82O18. The minimum absolute atomic E-state index is 0.0861. The van der Waals surface area contributed by atoms with E-state index < -0.39 is 151 Å². The van der Waals surface area contributed by atoms with Crippen LogP contribution in [-0.4, -0.2) is 191 Å². The molecular weight excluding hydrogens is 865 g/mol. The molecule has 0 aromatic rings. The number of aliphatic hydroxyl groups is 12. The molecule has 382 valence electrons. The second-order valence-corrected chi connectivity index (χ2v) is 23.0. The lowest BCUT2D eigenvalue weighted by Gasteiger charge is -2.72. The van der Waals surface area contributed by atoms with Crippen molar-refractivity contribution >= 4 is 0 Å². The van der Waals surface area contributed by atoms with Crippen molar-refractivity contribution in [1.82, 2.24) is 0 Å². The molecule has 18 heteroatoms. The topological polar surface area (TPSA) is 298 Å². The summed E-state index contributed by atoms with van der Waals surface area (Å²) in [5, 5.41) is 132. The normalized spacial score (nSPS) is 53.5. The van der Waals surface area contributed by atoms with Gasteiger partial charge in [0.05, 0.1) is 43.2 Å². The van der Waals surface area contributed by atoms with Gasteiger partial charge in [-0.1, -0.05) is 46.3 Å². The molecule has 7 fully saturated rings. The van der Waals surface area contributed by atoms with E-state index in [9.17, 15) is 61.3 Å². The second kappa shape index (κ2) is 19.2. The van der Waals surface area contributed by atoms with Crippen molar-refractivity contribution < 1.29 is 89.7 Å². The SMILES string of the molecule is CC(C)=CCC[C@](C)(O[C@H]1O[C@@H](CO)[C@H](O)[C@@H](O)[C@@H]1O)[C@H]1CC[C@]2(C)[C@@H]1[C@H](O)C[C@@H]1[C@@]3(C)CC[C@@H](O)C(C)(C)[C@H]3[C@H](O[C@H]3O[C@H](CO)[C@@H](O)[C@H](O)[C@H]3O[C@H]3O[C@@H](C)[C@H](O)[C@@H](O)[C@H]3O)C[C@]12C. The average Bonchev–Trinajstić information content (AvgIpc) is 3.64. The quantitative estimate of drug-likeness (QED) is 0.0904. The van der Waals surface area contributed by atoms with E-state index in [0.717, 1.165) is 5.57 Å². The minimum atomic E-state index is -1.75. The van der Waals surface area contributed by atoms with E-state index in [0.29, 0.717) is 51.4 Å².